The van der Waals surface area contributed by atoms with Crippen LogP contribution in [0.2, 0.25) is 0 Å². The Morgan fingerprint density at radius 1 is 1.08 bits per heavy atom. The van der Waals surface area contributed by atoms with E-state index in [2.05, 4.69) is 4.98 Å². The van der Waals surface area contributed by atoms with Crippen molar-refractivity contribution in [3.8, 4) is 23.1 Å². The minimum atomic E-state index is -0.812. The second-order valence-corrected chi connectivity index (χ2v) is 8.89. The fourth-order valence-corrected chi connectivity index (χ4v) is 4.47. The summed E-state index contributed by atoms with van der Waals surface area (Å²) in [6.07, 6.45) is 0.608. The highest BCUT2D eigenvalue weighted by molar-refractivity contribution is 5.96. The molecule has 1 saturated heterocycles. The first-order valence-electron chi connectivity index (χ1n) is 11.9. The fourth-order valence-electron chi connectivity index (χ4n) is 4.47. The first-order valence-corrected chi connectivity index (χ1v) is 11.9. The average Bonchev–Trinajstić information content (AvgIpc) is 3.38. The van der Waals surface area contributed by atoms with E-state index in [1.165, 1.54) is 18.8 Å². The second kappa shape index (κ2) is 10.8. The van der Waals surface area contributed by atoms with E-state index in [1.54, 1.807) is 23.1 Å². The van der Waals surface area contributed by atoms with Crippen LogP contribution in [0.1, 0.15) is 47.9 Å². The summed E-state index contributed by atoms with van der Waals surface area (Å²) in [5, 5.41) is 11.4. The molecule has 2 aromatic carbocycles. The molecule has 1 atom stereocenters. The van der Waals surface area contributed by atoms with Gasteiger partial charge in [0, 0.05) is 19.0 Å². The number of benzene rings is 2. The van der Waals surface area contributed by atoms with Crippen LogP contribution < -0.4 is 15.0 Å². The topological polar surface area (TPSA) is 103 Å². The zero-order chi connectivity index (χ0) is 25.8. The van der Waals surface area contributed by atoms with Crippen molar-refractivity contribution < 1.29 is 24.1 Å². The summed E-state index contributed by atoms with van der Waals surface area (Å²) in [4.78, 5) is 32.4. The minimum Gasteiger partial charge on any atom is -0.494 e. The molecule has 4 rings (SSSR count). The van der Waals surface area contributed by atoms with Gasteiger partial charge in [0.05, 0.1) is 20.3 Å². The minimum absolute atomic E-state index is 0.0735. The summed E-state index contributed by atoms with van der Waals surface area (Å²) in [6, 6.07) is 15.1. The van der Waals surface area contributed by atoms with Gasteiger partial charge in [-0.2, -0.15) is 4.98 Å². The normalized spacial score (nSPS) is 15.4. The zero-order valence-corrected chi connectivity index (χ0v) is 20.9. The van der Waals surface area contributed by atoms with Gasteiger partial charge in [0.2, 0.25) is 5.88 Å². The van der Waals surface area contributed by atoms with Crippen molar-refractivity contribution in [1.29, 1.82) is 0 Å². The number of para-hydroxylation sites is 1. The van der Waals surface area contributed by atoms with E-state index >= 15 is 0 Å². The number of ether oxygens (including phenoxy) is 3. The molecule has 3 aromatic rings. The summed E-state index contributed by atoms with van der Waals surface area (Å²) in [5.41, 5.74) is 0.234. The van der Waals surface area contributed by atoms with Crippen molar-refractivity contribution in [2.75, 3.05) is 27.3 Å². The molecule has 1 aliphatic rings. The first kappa shape index (κ1) is 25.2. The van der Waals surface area contributed by atoms with Crippen LogP contribution in [0.25, 0.3) is 5.69 Å². The molecule has 2 heterocycles. The molecular weight excluding hydrogens is 462 g/mol. The third-order valence-corrected chi connectivity index (χ3v) is 6.27. The van der Waals surface area contributed by atoms with E-state index < -0.39 is 22.9 Å². The number of carbonyl (C=O) groups is 1. The Labute approximate surface area is 209 Å². The van der Waals surface area contributed by atoms with Gasteiger partial charge in [-0.3, -0.25) is 14.2 Å². The molecule has 1 unspecified atom stereocenters. The molecule has 0 aliphatic carbocycles. The van der Waals surface area contributed by atoms with Gasteiger partial charge in [-0.1, -0.05) is 36.4 Å². The van der Waals surface area contributed by atoms with E-state index in [0.29, 0.717) is 30.3 Å². The second-order valence-electron chi connectivity index (χ2n) is 8.89. The maximum absolute atomic E-state index is 13.6. The van der Waals surface area contributed by atoms with E-state index in [4.69, 9.17) is 14.2 Å². The Morgan fingerprint density at radius 3 is 2.36 bits per heavy atom. The fraction of sp³-hybridized carbons (Fsp3) is 0.370. The van der Waals surface area contributed by atoms with Gasteiger partial charge in [0.15, 0.2) is 5.56 Å². The van der Waals surface area contributed by atoms with Gasteiger partial charge in [0.1, 0.15) is 29.6 Å². The maximum Gasteiger partial charge on any atom is 0.289 e. The highest BCUT2D eigenvalue weighted by atomic mass is 16.5. The Bertz CT molecular complexity index is 1270. The SMILES string of the molecule is COc1cccc(OC)c1-n1c(COC(C)C)nc(=O)c(C(=O)N2CCC(c3ccccc3)C2)c1O. The van der Waals surface area contributed by atoms with Gasteiger partial charge in [-0.05, 0) is 38.0 Å². The lowest BCUT2D eigenvalue weighted by molar-refractivity contribution is 0.0590. The monoisotopic (exact) mass is 493 g/mol. The quantitative estimate of drug-likeness (QED) is 0.512. The molecule has 0 bridgehead atoms. The largest absolute Gasteiger partial charge is 0.494 e. The predicted molar refractivity (Wildman–Crippen MR) is 134 cm³/mol. The molecule has 0 saturated carbocycles. The Hall–Kier alpha value is -3.85. The van der Waals surface area contributed by atoms with Gasteiger partial charge in [-0.15, -0.1) is 0 Å². The lowest BCUT2D eigenvalue weighted by Gasteiger charge is -2.23. The van der Waals surface area contributed by atoms with Crippen molar-refractivity contribution in [2.45, 2.75) is 38.9 Å². The van der Waals surface area contributed by atoms with Gasteiger partial charge < -0.3 is 24.2 Å². The molecule has 0 spiro atoms. The van der Waals surface area contributed by atoms with E-state index in [0.717, 1.165) is 12.0 Å². The van der Waals surface area contributed by atoms with E-state index in [9.17, 15) is 14.7 Å². The number of rotatable bonds is 8. The van der Waals surface area contributed by atoms with Crippen LogP contribution in [-0.2, 0) is 11.3 Å². The van der Waals surface area contributed by atoms with Gasteiger partial charge in [0.25, 0.3) is 11.5 Å². The highest BCUT2D eigenvalue weighted by Crippen LogP contribution is 2.37. The standard InChI is InChI=1S/C27H31N3O6/c1-17(2)36-16-22-28-25(31)23(26(32)29-14-13-19(15-29)18-9-6-5-7-10-18)27(33)30(22)24-20(34-3)11-8-12-21(24)35-4/h5-12,17,19,33H,13-16H2,1-4H3. The first-order chi connectivity index (χ1) is 17.3. The molecule has 9 nitrogen and oxygen atoms in total. The molecule has 1 fully saturated rings. The number of likely N-dealkylation sites (tertiary alicyclic amines) is 1. The average molecular weight is 494 g/mol. The lowest BCUT2D eigenvalue weighted by atomic mass is 9.99. The van der Waals surface area contributed by atoms with Crippen LogP contribution in [0.5, 0.6) is 17.4 Å². The third-order valence-electron chi connectivity index (χ3n) is 6.27. The molecular formula is C27H31N3O6. The number of aromatic hydroxyl groups is 1. The van der Waals surface area contributed by atoms with Crippen LogP contribution in [0.4, 0.5) is 0 Å². The molecule has 1 amide bonds. The molecule has 0 radical (unpaired) electrons. The zero-order valence-electron chi connectivity index (χ0n) is 20.9. The predicted octanol–water partition coefficient (Wildman–Crippen LogP) is 3.51. The third kappa shape index (κ3) is 4.92. The van der Waals surface area contributed by atoms with Crippen LogP contribution in [0.15, 0.2) is 53.3 Å². The molecule has 1 aromatic heterocycles. The number of hydrogen-bond acceptors (Lipinski definition) is 7. The molecule has 1 N–H and O–H groups in total. The van der Waals surface area contributed by atoms with Crippen LogP contribution >= 0.6 is 0 Å². The van der Waals surface area contributed by atoms with Crippen molar-refractivity contribution in [1.82, 2.24) is 14.5 Å². The van der Waals surface area contributed by atoms with Crippen molar-refractivity contribution in [3.05, 3.63) is 75.8 Å². The summed E-state index contributed by atoms with van der Waals surface area (Å²) in [7, 11) is 2.96. The molecule has 36 heavy (non-hydrogen) atoms. The summed E-state index contributed by atoms with van der Waals surface area (Å²) in [6.45, 7) is 4.53. The molecule has 9 heteroatoms. The number of methoxy groups -OCH3 is 2. The maximum atomic E-state index is 13.6. The van der Waals surface area contributed by atoms with Crippen molar-refractivity contribution >= 4 is 5.91 Å². The molecule has 1 aliphatic heterocycles. The summed E-state index contributed by atoms with van der Waals surface area (Å²) in [5.74, 6) is -0.0976. The summed E-state index contributed by atoms with van der Waals surface area (Å²) < 4.78 is 18.0. The smallest absolute Gasteiger partial charge is 0.289 e. The van der Waals surface area contributed by atoms with Crippen LogP contribution in [0, 0.1) is 0 Å². The Balaban J connectivity index is 1.81. The van der Waals surface area contributed by atoms with Crippen LogP contribution in [-0.4, -0.2) is 58.9 Å². The van der Waals surface area contributed by atoms with Crippen molar-refractivity contribution in [2.24, 2.45) is 0 Å². The van der Waals surface area contributed by atoms with Gasteiger partial charge in [-0.25, -0.2) is 0 Å². The summed E-state index contributed by atoms with van der Waals surface area (Å²) >= 11 is 0. The molecule has 190 valence electrons. The number of nitrogens with zero attached hydrogens (tertiary/aromatic N) is 3. The number of carbonyl (C=O) groups excluding carboxylic acids is 1. The van der Waals surface area contributed by atoms with Crippen LogP contribution in [0.3, 0.4) is 0 Å². The Kier molecular flexibility index (Phi) is 7.59. The Morgan fingerprint density at radius 2 is 1.75 bits per heavy atom. The number of aromatic nitrogens is 2. The van der Waals surface area contributed by atoms with E-state index in [1.807, 2.05) is 44.2 Å². The van der Waals surface area contributed by atoms with E-state index in [-0.39, 0.29) is 24.5 Å². The van der Waals surface area contributed by atoms with Crippen molar-refractivity contribution in [3.63, 3.8) is 0 Å². The number of amides is 1. The lowest BCUT2D eigenvalue weighted by Crippen LogP contribution is -2.35. The number of hydrogen-bond donors (Lipinski definition) is 1. The highest BCUT2D eigenvalue weighted by Gasteiger charge is 2.33. The van der Waals surface area contributed by atoms with Gasteiger partial charge >= 0.3 is 0 Å².